The van der Waals surface area contributed by atoms with Gasteiger partial charge in [0.2, 0.25) is 5.91 Å². The molecule has 0 saturated heterocycles. The first kappa shape index (κ1) is 24.9. The van der Waals surface area contributed by atoms with Crippen molar-refractivity contribution >= 4 is 29.0 Å². The lowest BCUT2D eigenvalue weighted by Crippen LogP contribution is -2.39. The van der Waals surface area contributed by atoms with Crippen molar-refractivity contribution in [3.05, 3.63) is 101 Å². The van der Waals surface area contributed by atoms with Crippen molar-refractivity contribution in [2.45, 2.75) is 37.6 Å². The number of carbonyl (C=O) groups excluding carboxylic acids is 3. The fourth-order valence-electron chi connectivity index (χ4n) is 5.71. The number of ether oxygens (including phenoxy) is 2. The van der Waals surface area contributed by atoms with Crippen molar-refractivity contribution in [1.29, 1.82) is 0 Å². The summed E-state index contributed by atoms with van der Waals surface area (Å²) in [4.78, 5) is 41.9. The van der Waals surface area contributed by atoms with Crippen molar-refractivity contribution in [2.75, 3.05) is 24.4 Å². The smallest absolute Gasteiger partial charge is 0.337 e. The molecule has 1 fully saturated rings. The third-order valence-corrected chi connectivity index (χ3v) is 7.89. The Morgan fingerprint density at radius 2 is 1.56 bits per heavy atom. The molecule has 198 valence electrons. The van der Waals surface area contributed by atoms with Crippen LogP contribution in [0.15, 0.2) is 84.1 Å². The number of allylic oxidation sites excluding steroid dienone is 1. The highest BCUT2D eigenvalue weighted by molar-refractivity contribution is 6.07. The van der Waals surface area contributed by atoms with E-state index in [-0.39, 0.29) is 23.5 Å². The molecule has 0 unspecified atom stereocenters. The van der Waals surface area contributed by atoms with E-state index in [2.05, 4.69) is 5.32 Å². The zero-order valence-electron chi connectivity index (χ0n) is 22.0. The molecule has 1 amide bonds. The van der Waals surface area contributed by atoms with E-state index >= 15 is 0 Å². The number of Topliss-reactive ketones (excluding diaryl/α,β-unsaturated/α-hetero) is 1. The third kappa shape index (κ3) is 4.58. The lowest BCUT2D eigenvalue weighted by molar-refractivity contribution is -0.120. The van der Waals surface area contributed by atoms with E-state index in [1.807, 2.05) is 60.7 Å². The lowest BCUT2D eigenvalue weighted by Gasteiger charge is -2.35. The normalized spacial score (nSPS) is 20.4. The van der Waals surface area contributed by atoms with Gasteiger partial charge in [-0.15, -0.1) is 0 Å². The highest BCUT2D eigenvalue weighted by Crippen LogP contribution is 2.49. The van der Waals surface area contributed by atoms with Crippen molar-refractivity contribution in [2.24, 2.45) is 5.92 Å². The largest absolute Gasteiger partial charge is 0.497 e. The highest BCUT2D eigenvalue weighted by Gasteiger charge is 2.45. The second-order valence-electron chi connectivity index (χ2n) is 10.3. The van der Waals surface area contributed by atoms with Crippen LogP contribution in [0, 0.1) is 5.92 Å². The maximum absolute atomic E-state index is 14.1. The van der Waals surface area contributed by atoms with Crippen LogP contribution in [0.25, 0.3) is 0 Å². The van der Waals surface area contributed by atoms with Crippen molar-refractivity contribution < 1.29 is 23.9 Å². The van der Waals surface area contributed by atoms with Crippen molar-refractivity contribution in [3.63, 3.8) is 0 Å². The summed E-state index contributed by atoms with van der Waals surface area (Å²) in [7, 11) is 2.98. The number of para-hydroxylation sites is 2. The predicted octanol–water partition coefficient (Wildman–Crippen LogP) is 5.79. The Morgan fingerprint density at radius 1 is 0.872 bits per heavy atom. The molecule has 0 spiro atoms. The number of esters is 1. The van der Waals surface area contributed by atoms with Crippen LogP contribution in [-0.2, 0) is 14.3 Å². The number of ketones is 1. The van der Waals surface area contributed by atoms with Gasteiger partial charge in [0, 0.05) is 23.6 Å². The minimum absolute atomic E-state index is 0.00477. The molecule has 2 atom stereocenters. The van der Waals surface area contributed by atoms with Gasteiger partial charge in [0.25, 0.3) is 0 Å². The van der Waals surface area contributed by atoms with Crippen molar-refractivity contribution in [3.8, 4) is 5.75 Å². The van der Waals surface area contributed by atoms with E-state index in [0.29, 0.717) is 24.0 Å². The van der Waals surface area contributed by atoms with E-state index < -0.39 is 12.0 Å². The molecule has 1 heterocycles. The summed E-state index contributed by atoms with van der Waals surface area (Å²) in [5.74, 6) is 0.305. The van der Waals surface area contributed by atoms with E-state index in [1.165, 1.54) is 7.11 Å². The van der Waals surface area contributed by atoms with Gasteiger partial charge < -0.3 is 14.8 Å². The quantitative estimate of drug-likeness (QED) is 0.427. The van der Waals surface area contributed by atoms with Crippen LogP contribution in [0.3, 0.4) is 0 Å². The second-order valence-corrected chi connectivity index (χ2v) is 10.3. The average molecular weight is 523 g/mol. The number of hydrogen-bond donors (Lipinski definition) is 1. The molecule has 0 radical (unpaired) electrons. The predicted molar refractivity (Wildman–Crippen MR) is 148 cm³/mol. The fourth-order valence-corrected chi connectivity index (χ4v) is 5.71. The lowest BCUT2D eigenvalue weighted by atomic mass is 9.78. The number of amides is 1. The number of methoxy groups -OCH3 is 2. The Bertz CT molecular complexity index is 1470. The summed E-state index contributed by atoms with van der Waals surface area (Å²) >= 11 is 0. The molecule has 1 aliphatic heterocycles. The van der Waals surface area contributed by atoms with Gasteiger partial charge in [-0.3, -0.25) is 14.5 Å². The molecule has 1 N–H and O–H groups in total. The number of nitrogens with one attached hydrogen (secondary N) is 1. The summed E-state index contributed by atoms with van der Waals surface area (Å²) in [6, 6.07) is 22.0. The molecule has 3 aromatic carbocycles. The molecular weight excluding hydrogens is 492 g/mol. The van der Waals surface area contributed by atoms with Gasteiger partial charge in [-0.25, -0.2) is 4.79 Å². The maximum Gasteiger partial charge on any atom is 0.337 e. The van der Waals surface area contributed by atoms with Gasteiger partial charge >= 0.3 is 5.97 Å². The minimum Gasteiger partial charge on any atom is -0.497 e. The van der Waals surface area contributed by atoms with Crippen LogP contribution in [0.4, 0.5) is 11.4 Å². The van der Waals surface area contributed by atoms with Crippen LogP contribution in [0.5, 0.6) is 5.75 Å². The monoisotopic (exact) mass is 522 g/mol. The SMILES string of the molecule is COC(=O)c1ccc([C@H]2C3=C(C[C@@H](c4ccc(OC)cc4)CC3=O)Nc3ccccc3N2C(=O)C2CC2)cc1. The molecule has 0 bridgehead atoms. The number of hydrogen-bond acceptors (Lipinski definition) is 6. The number of fused-ring (bicyclic) bond motifs is 1. The number of benzene rings is 3. The molecule has 6 rings (SSSR count). The second kappa shape index (κ2) is 10.1. The standard InChI is InChI=1S/C32H30N2O5/c1-38-24-15-13-19(14-16-24)23-17-26-29(28(35)18-23)30(20-7-11-22(12-8-20)32(37)39-2)34(31(36)21-9-10-21)27-6-4-3-5-25(27)33-26/h3-8,11-16,21,23,30,33H,9-10,17-18H2,1-2H3/t23-,30+/m1/s1. The fraction of sp³-hybridized carbons (Fsp3) is 0.281. The topological polar surface area (TPSA) is 84.9 Å². The zero-order chi connectivity index (χ0) is 27.1. The van der Waals surface area contributed by atoms with E-state index in [9.17, 15) is 14.4 Å². The van der Waals surface area contributed by atoms with Crippen LogP contribution in [0.2, 0.25) is 0 Å². The first-order valence-corrected chi connectivity index (χ1v) is 13.3. The van der Waals surface area contributed by atoms with Gasteiger partial charge in [0.15, 0.2) is 5.78 Å². The molecule has 7 nitrogen and oxygen atoms in total. The molecule has 3 aliphatic rings. The summed E-state index contributed by atoms with van der Waals surface area (Å²) in [5, 5.41) is 3.56. The maximum atomic E-state index is 14.1. The van der Waals surface area contributed by atoms with Gasteiger partial charge in [-0.05, 0) is 72.7 Å². The molecule has 1 saturated carbocycles. The number of rotatable bonds is 5. The summed E-state index contributed by atoms with van der Waals surface area (Å²) < 4.78 is 10.2. The Morgan fingerprint density at radius 3 is 2.23 bits per heavy atom. The first-order valence-electron chi connectivity index (χ1n) is 13.3. The summed E-state index contributed by atoms with van der Waals surface area (Å²) in [6.07, 6.45) is 2.66. The van der Waals surface area contributed by atoms with Crippen LogP contribution >= 0.6 is 0 Å². The average Bonchev–Trinajstić information content (AvgIpc) is 3.83. The molecule has 3 aromatic rings. The molecule has 39 heavy (non-hydrogen) atoms. The minimum atomic E-state index is -0.611. The number of carbonyl (C=O) groups is 3. The van der Waals surface area contributed by atoms with Crippen LogP contribution in [0.1, 0.15) is 59.1 Å². The zero-order valence-corrected chi connectivity index (χ0v) is 22.0. The summed E-state index contributed by atoms with van der Waals surface area (Å²) in [5.41, 5.74) is 5.25. The van der Waals surface area contributed by atoms with Gasteiger partial charge in [0.05, 0.1) is 37.2 Å². The Kier molecular flexibility index (Phi) is 6.43. The summed E-state index contributed by atoms with van der Waals surface area (Å²) in [6.45, 7) is 0. The number of nitrogens with zero attached hydrogens (tertiary/aromatic N) is 1. The van der Waals surface area contributed by atoms with E-state index in [1.54, 1.807) is 24.1 Å². The van der Waals surface area contributed by atoms with Crippen LogP contribution < -0.4 is 15.0 Å². The molecule has 7 heteroatoms. The van der Waals surface area contributed by atoms with E-state index in [0.717, 1.165) is 46.8 Å². The Balaban J connectivity index is 1.49. The molecule has 0 aromatic heterocycles. The Labute approximate surface area is 227 Å². The molecule has 2 aliphatic carbocycles. The van der Waals surface area contributed by atoms with Gasteiger partial charge in [-0.2, -0.15) is 0 Å². The van der Waals surface area contributed by atoms with Gasteiger partial charge in [0.1, 0.15) is 5.75 Å². The first-order chi connectivity index (χ1) is 19.0. The van der Waals surface area contributed by atoms with Crippen molar-refractivity contribution in [1.82, 2.24) is 0 Å². The Hall–Kier alpha value is -4.39. The number of anilines is 2. The van der Waals surface area contributed by atoms with E-state index in [4.69, 9.17) is 9.47 Å². The highest BCUT2D eigenvalue weighted by atomic mass is 16.5. The molecular formula is C32H30N2O5. The third-order valence-electron chi connectivity index (χ3n) is 7.89. The van der Waals surface area contributed by atoms with Gasteiger partial charge in [-0.1, -0.05) is 36.4 Å². The van der Waals surface area contributed by atoms with Crippen LogP contribution in [-0.4, -0.2) is 31.9 Å².